The van der Waals surface area contributed by atoms with E-state index in [-0.39, 0.29) is 5.92 Å². The van der Waals surface area contributed by atoms with E-state index in [1.165, 1.54) is 4.90 Å². The van der Waals surface area contributed by atoms with Crippen molar-refractivity contribution in [1.82, 2.24) is 9.88 Å². The van der Waals surface area contributed by atoms with Crippen molar-refractivity contribution in [2.45, 2.75) is 18.8 Å². The van der Waals surface area contributed by atoms with Gasteiger partial charge in [-0.2, -0.15) is 0 Å². The van der Waals surface area contributed by atoms with E-state index in [0.717, 1.165) is 18.4 Å². The zero-order valence-corrected chi connectivity index (χ0v) is 14.3. The predicted octanol–water partition coefficient (Wildman–Crippen LogP) is 5.04. The lowest BCUT2D eigenvalue weighted by atomic mass is 9.90. The van der Waals surface area contributed by atoms with Crippen LogP contribution in [0.2, 0.25) is 10.0 Å². The van der Waals surface area contributed by atoms with Crippen molar-refractivity contribution in [2.75, 3.05) is 13.1 Å². The molecule has 5 nitrogen and oxygen atoms in total. The molecule has 1 N–H and O–H groups in total. The Bertz CT molecular complexity index is 746. The van der Waals surface area contributed by atoms with Gasteiger partial charge in [-0.3, -0.25) is 0 Å². The van der Waals surface area contributed by atoms with Gasteiger partial charge >= 0.3 is 6.09 Å². The summed E-state index contributed by atoms with van der Waals surface area (Å²) in [6, 6.07) is 9.00. The molecule has 2 aromatic rings. The molecular formula is C17H16Cl2N2O3. The van der Waals surface area contributed by atoms with Gasteiger partial charge in [-0.1, -0.05) is 35.3 Å². The van der Waals surface area contributed by atoms with E-state index in [9.17, 15) is 4.79 Å². The van der Waals surface area contributed by atoms with Gasteiger partial charge in [-0.15, -0.1) is 0 Å². The average Bonchev–Trinajstić information content (AvgIpc) is 2.59. The molecule has 3 rings (SSSR count). The number of hydrogen-bond acceptors (Lipinski definition) is 3. The van der Waals surface area contributed by atoms with E-state index in [1.807, 2.05) is 12.1 Å². The topological polar surface area (TPSA) is 62.7 Å². The molecule has 24 heavy (non-hydrogen) atoms. The first-order valence-corrected chi connectivity index (χ1v) is 8.36. The fourth-order valence-electron chi connectivity index (χ4n) is 2.85. The minimum Gasteiger partial charge on any atom is -0.465 e. The predicted molar refractivity (Wildman–Crippen MR) is 92.3 cm³/mol. The molecule has 1 aliphatic rings. The molecule has 0 radical (unpaired) electrons. The quantitative estimate of drug-likeness (QED) is 0.826. The molecule has 0 atom stereocenters. The Balaban J connectivity index is 1.81. The van der Waals surface area contributed by atoms with Crippen LogP contribution in [0.25, 0.3) is 0 Å². The van der Waals surface area contributed by atoms with E-state index in [2.05, 4.69) is 4.98 Å². The second-order valence-corrected chi connectivity index (χ2v) is 6.38. The van der Waals surface area contributed by atoms with Gasteiger partial charge in [0.05, 0.1) is 5.02 Å². The number of aromatic nitrogens is 1. The van der Waals surface area contributed by atoms with Crippen molar-refractivity contribution in [3.05, 3.63) is 52.1 Å². The molecule has 1 aliphatic heterocycles. The first-order chi connectivity index (χ1) is 11.6. The number of carbonyl (C=O) groups is 1. The first-order valence-electron chi connectivity index (χ1n) is 7.61. The third kappa shape index (κ3) is 3.57. The molecule has 1 amide bonds. The van der Waals surface area contributed by atoms with Crippen LogP contribution in [0.5, 0.6) is 11.6 Å². The highest BCUT2D eigenvalue weighted by atomic mass is 35.5. The molecule has 7 heteroatoms. The van der Waals surface area contributed by atoms with Gasteiger partial charge in [-0.05, 0) is 37.0 Å². The Kier molecular flexibility index (Phi) is 5.11. The number of nitrogens with zero attached hydrogens (tertiary/aromatic N) is 2. The maximum absolute atomic E-state index is 11.0. The van der Waals surface area contributed by atoms with Gasteiger partial charge < -0.3 is 14.7 Å². The van der Waals surface area contributed by atoms with Crippen molar-refractivity contribution in [3.8, 4) is 11.6 Å². The summed E-state index contributed by atoms with van der Waals surface area (Å²) in [6.07, 6.45) is 2.25. The minimum atomic E-state index is -0.873. The summed E-state index contributed by atoms with van der Waals surface area (Å²) in [5, 5.41) is 9.82. The maximum atomic E-state index is 11.0. The van der Waals surface area contributed by atoms with E-state index in [4.69, 9.17) is 33.0 Å². The van der Waals surface area contributed by atoms with Crippen molar-refractivity contribution in [3.63, 3.8) is 0 Å². The Labute approximate surface area is 149 Å². The summed E-state index contributed by atoms with van der Waals surface area (Å²) >= 11 is 12.2. The maximum Gasteiger partial charge on any atom is 0.407 e. The van der Waals surface area contributed by atoms with Crippen molar-refractivity contribution in [2.24, 2.45) is 0 Å². The standard InChI is InChI=1S/C17H16Cl2N2O3/c18-13-4-1-5-14(15(13)19)24-16-12(3-2-8-20-16)11-6-9-21(10-7-11)17(22)23/h1-5,8,11H,6-7,9-10H2,(H,22,23). The molecular weight excluding hydrogens is 351 g/mol. The summed E-state index contributed by atoms with van der Waals surface area (Å²) in [4.78, 5) is 16.8. The third-order valence-corrected chi connectivity index (χ3v) is 4.93. The van der Waals surface area contributed by atoms with Crippen LogP contribution in [0.15, 0.2) is 36.5 Å². The Morgan fingerprint density at radius 1 is 1.21 bits per heavy atom. The van der Waals surface area contributed by atoms with Crippen LogP contribution in [0.3, 0.4) is 0 Å². The highest BCUT2D eigenvalue weighted by Gasteiger charge is 2.26. The number of rotatable bonds is 3. The Hall–Kier alpha value is -1.98. The first kappa shape index (κ1) is 16.9. The van der Waals surface area contributed by atoms with Crippen molar-refractivity contribution >= 4 is 29.3 Å². The van der Waals surface area contributed by atoms with Crippen LogP contribution in [-0.2, 0) is 0 Å². The van der Waals surface area contributed by atoms with Gasteiger partial charge in [0.25, 0.3) is 0 Å². The molecule has 0 spiro atoms. The lowest BCUT2D eigenvalue weighted by Crippen LogP contribution is -2.36. The molecule has 126 valence electrons. The second-order valence-electron chi connectivity index (χ2n) is 5.60. The average molecular weight is 367 g/mol. The van der Waals surface area contributed by atoms with Crippen molar-refractivity contribution in [1.29, 1.82) is 0 Å². The number of piperidine rings is 1. The number of carboxylic acid groups (broad SMARTS) is 1. The number of likely N-dealkylation sites (tertiary alicyclic amines) is 1. The summed E-state index contributed by atoms with van der Waals surface area (Å²) in [7, 11) is 0. The van der Waals surface area contributed by atoms with Crippen molar-refractivity contribution < 1.29 is 14.6 Å². The third-order valence-electron chi connectivity index (χ3n) is 4.13. The molecule has 1 aromatic carbocycles. The number of benzene rings is 1. The summed E-state index contributed by atoms with van der Waals surface area (Å²) in [5.41, 5.74) is 0.957. The zero-order chi connectivity index (χ0) is 17.1. The van der Waals surface area contributed by atoms with E-state index < -0.39 is 6.09 Å². The lowest BCUT2D eigenvalue weighted by Gasteiger charge is -2.30. The monoisotopic (exact) mass is 366 g/mol. The summed E-state index contributed by atoms with van der Waals surface area (Å²) in [6.45, 7) is 1.01. The van der Waals surface area contributed by atoms with Crippen LogP contribution < -0.4 is 4.74 Å². The molecule has 2 heterocycles. The lowest BCUT2D eigenvalue weighted by molar-refractivity contribution is 0.132. The molecule has 0 unspecified atom stereocenters. The minimum absolute atomic E-state index is 0.197. The molecule has 0 aliphatic carbocycles. The molecule has 1 fully saturated rings. The van der Waals surface area contributed by atoms with Gasteiger partial charge in [0.1, 0.15) is 10.8 Å². The van der Waals surface area contributed by atoms with E-state index in [0.29, 0.717) is 34.8 Å². The highest BCUT2D eigenvalue weighted by molar-refractivity contribution is 6.42. The zero-order valence-electron chi connectivity index (χ0n) is 12.8. The van der Waals surface area contributed by atoms with E-state index >= 15 is 0 Å². The fraction of sp³-hybridized carbons (Fsp3) is 0.294. The van der Waals surface area contributed by atoms with Gasteiger partial charge in [0, 0.05) is 24.8 Å². The summed E-state index contributed by atoms with van der Waals surface area (Å²) < 4.78 is 5.89. The van der Waals surface area contributed by atoms with Crippen LogP contribution in [0, 0.1) is 0 Å². The summed E-state index contributed by atoms with van der Waals surface area (Å²) in [5.74, 6) is 1.13. The van der Waals surface area contributed by atoms with Gasteiger partial charge in [0.2, 0.25) is 5.88 Å². The molecule has 0 bridgehead atoms. The second kappa shape index (κ2) is 7.28. The number of amides is 1. The van der Waals surface area contributed by atoms with Crippen LogP contribution in [0.1, 0.15) is 24.3 Å². The SMILES string of the molecule is O=C(O)N1CCC(c2cccnc2Oc2cccc(Cl)c2Cl)CC1. The smallest absolute Gasteiger partial charge is 0.407 e. The fourth-order valence-corrected chi connectivity index (χ4v) is 3.18. The molecule has 0 saturated carbocycles. The van der Waals surface area contributed by atoms with Crippen LogP contribution in [0.4, 0.5) is 4.79 Å². The molecule has 1 saturated heterocycles. The van der Waals surface area contributed by atoms with Gasteiger partial charge in [0.15, 0.2) is 0 Å². The Morgan fingerprint density at radius 2 is 1.96 bits per heavy atom. The highest BCUT2D eigenvalue weighted by Crippen LogP contribution is 2.38. The van der Waals surface area contributed by atoms with Crippen LogP contribution in [-0.4, -0.2) is 34.2 Å². The largest absolute Gasteiger partial charge is 0.465 e. The van der Waals surface area contributed by atoms with Crippen LogP contribution >= 0.6 is 23.2 Å². The normalized spacial score (nSPS) is 15.3. The number of halogens is 2. The van der Waals surface area contributed by atoms with E-state index in [1.54, 1.807) is 24.4 Å². The number of ether oxygens (including phenoxy) is 1. The number of pyridine rings is 1. The Morgan fingerprint density at radius 3 is 2.67 bits per heavy atom. The molecule has 1 aromatic heterocycles. The van der Waals surface area contributed by atoms with Gasteiger partial charge in [-0.25, -0.2) is 9.78 Å². The number of hydrogen-bond donors (Lipinski definition) is 1.